The van der Waals surface area contributed by atoms with Gasteiger partial charge in [0.15, 0.2) is 0 Å². The van der Waals surface area contributed by atoms with Crippen molar-refractivity contribution in [1.82, 2.24) is 10.1 Å². The minimum Gasteiger partial charge on any atom is -0.370 e. The number of aromatic nitrogens is 2. The zero-order valence-electron chi connectivity index (χ0n) is 11.7. The number of methoxy groups -OCH3 is 1. The Morgan fingerprint density at radius 1 is 1.50 bits per heavy atom. The SMILES string of the molecule is COC1(c2noc(C(C)(C)N)n2)CCCC(C)C1. The van der Waals surface area contributed by atoms with Crippen LogP contribution in [0.3, 0.4) is 0 Å². The summed E-state index contributed by atoms with van der Waals surface area (Å²) in [6.45, 7) is 5.95. The lowest BCUT2D eigenvalue weighted by atomic mass is 9.78. The van der Waals surface area contributed by atoms with Crippen LogP contribution in [0.1, 0.15) is 58.2 Å². The highest BCUT2D eigenvalue weighted by Gasteiger charge is 2.41. The van der Waals surface area contributed by atoms with E-state index in [9.17, 15) is 0 Å². The Balaban J connectivity index is 2.30. The summed E-state index contributed by atoms with van der Waals surface area (Å²) in [6.07, 6.45) is 4.24. The van der Waals surface area contributed by atoms with Crippen LogP contribution in [-0.4, -0.2) is 17.3 Å². The van der Waals surface area contributed by atoms with Gasteiger partial charge < -0.3 is 15.0 Å². The van der Waals surface area contributed by atoms with Crippen molar-refractivity contribution in [3.63, 3.8) is 0 Å². The van der Waals surface area contributed by atoms with Crippen LogP contribution in [0, 0.1) is 5.92 Å². The summed E-state index contributed by atoms with van der Waals surface area (Å²) in [5.74, 6) is 1.73. The number of nitrogens with two attached hydrogens (primary N) is 1. The fourth-order valence-corrected chi connectivity index (χ4v) is 2.65. The summed E-state index contributed by atoms with van der Waals surface area (Å²) in [4.78, 5) is 4.45. The number of hydrogen-bond acceptors (Lipinski definition) is 5. The lowest BCUT2D eigenvalue weighted by molar-refractivity contribution is -0.0658. The van der Waals surface area contributed by atoms with E-state index in [0.717, 1.165) is 19.3 Å². The second-order valence-electron chi connectivity index (χ2n) is 6.04. The molecule has 1 aliphatic carbocycles. The molecule has 0 aliphatic heterocycles. The monoisotopic (exact) mass is 253 g/mol. The molecule has 1 saturated carbocycles. The Hall–Kier alpha value is -0.940. The van der Waals surface area contributed by atoms with Gasteiger partial charge in [-0.1, -0.05) is 18.5 Å². The van der Waals surface area contributed by atoms with Crippen LogP contribution in [0.25, 0.3) is 0 Å². The summed E-state index contributed by atoms with van der Waals surface area (Å²) in [7, 11) is 1.72. The molecular weight excluding hydrogens is 230 g/mol. The van der Waals surface area contributed by atoms with E-state index in [1.54, 1.807) is 7.11 Å². The highest BCUT2D eigenvalue weighted by molar-refractivity contribution is 5.07. The Kier molecular flexibility index (Phi) is 3.47. The molecule has 2 N–H and O–H groups in total. The summed E-state index contributed by atoms with van der Waals surface area (Å²) < 4.78 is 11.0. The molecule has 102 valence electrons. The van der Waals surface area contributed by atoms with E-state index in [4.69, 9.17) is 15.0 Å². The Labute approximate surface area is 108 Å². The molecule has 5 nitrogen and oxygen atoms in total. The highest BCUT2D eigenvalue weighted by Crippen LogP contribution is 2.41. The molecule has 1 fully saturated rings. The van der Waals surface area contributed by atoms with Crippen LogP contribution < -0.4 is 5.73 Å². The van der Waals surface area contributed by atoms with Crippen LogP contribution >= 0.6 is 0 Å². The molecule has 2 rings (SSSR count). The predicted octanol–water partition coefficient (Wildman–Crippen LogP) is 2.32. The maximum Gasteiger partial charge on any atom is 0.246 e. The van der Waals surface area contributed by atoms with Gasteiger partial charge in [0.05, 0.1) is 5.54 Å². The van der Waals surface area contributed by atoms with Crippen molar-refractivity contribution in [2.75, 3.05) is 7.11 Å². The molecule has 0 spiro atoms. The average molecular weight is 253 g/mol. The van der Waals surface area contributed by atoms with Gasteiger partial charge in [-0.2, -0.15) is 4.98 Å². The fourth-order valence-electron chi connectivity index (χ4n) is 2.65. The molecule has 0 aromatic carbocycles. The third-order valence-electron chi connectivity index (χ3n) is 3.73. The van der Waals surface area contributed by atoms with Crippen molar-refractivity contribution in [1.29, 1.82) is 0 Å². The third-order valence-corrected chi connectivity index (χ3v) is 3.73. The largest absolute Gasteiger partial charge is 0.370 e. The molecule has 1 aromatic rings. The van der Waals surface area contributed by atoms with E-state index in [2.05, 4.69) is 17.1 Å². The molecule has 0 radical (unpaired) electrons. The van der Waals surface area contributed by atoms with Gasteiger partial charge in [-0.3, -0.25) is 0 Å². The topological polar surface area (TPSA) is 74.2 Å². The summed E-state index contributed by atoms with van der Waals surface area (Å²) in [5.41, 5.74) is 4.97. The maximum atomic E-state index is 5.97. The van der Waals surface area contributed by atoms with Crippen molar-refractivity contribution >= 4 is 0 Å². The fraction of sp³-hybridized carbons (Fsp3) is 0.846. The first-order valence-corrected chi connectivity index (χ1v) is 6.56. The van der Waals surface area contributed by atoms with Crippen molar-refractivity contribution in [2.45, 2.75) is 57.6 Å². The molecule has 1 aromatic heterocycles. The zero-order chi connectivity index (χ0) is 13.4. The van der Waals surface area contributed by atoms with E-state index in [1.807, 2.05) is 13.8 Å². The van der Waals surface area contributed by atoms with Crippen molar-refractivity contribution < 1.29 is 9.26 Å². The van der Waals surface area contributed by atoms with Crippen LogP contribution in [0.5, 0.6) is 0 Å². The molecule has 5 heteroatoms. The van der Waals surface area contributed by atoms with E-state index in [0.29, 0.717) is 17.6 Å². The predicted molar refractivity (Wildman–Crippen MR) is 67.8 cm³/mol. The molecule has 1 heterocycles. The zero-order valence-corrected chi connectivity index (χ0v) is 11.7. The van der Waals surface area contributed by atoms with Crippen LogP contribution in [-0.2, 0) is 15.9 Å². The van der Waals surface area contributed by atoms with E-state index in [1.165, 1.54) is 6.42 Å². The summed E-state index contributed by atoms with van der Waals surface area (Å²) in [6, 6.07) is 0. The molecular formula is C13H23N3O2. The lowest BCUT2D eigenvalue weighted by Gasteiger charge is -2.36. The molecule has 0 saturated heterocycles. The van der Waals surface area contributed by atoms with Crippen molar-refractivity contribution in [2.24, 2.45) is 11.7 Å². The smallest absolute Gasteiger partial charge is 0.246 e. The second-order valence-corrected chi connectivity index (χ2v) is 6.04. The number of ether oxygens (including phenoxy) is 1. The molecule has 1 aliphatic rings. The molecule has 2 unspecified atom stereocenters. The second kappa shape index (κ2) is 4.63. The van der Waals surface area contributed by atoms with Gasteiger partial charge in [-0.15, -0.1) is 0 Å². The lowest BCUT2D eigenvalue weighted by Crippen LogP contribution is -2.36. The highest BCUT2D eigenvalue weighted by atomic mass is 16.5. The van der Waals surface area contributed by atoms with Crippen molar-refractivity contribution in [3.05, 3.63) is 11.7 Å². The standard InChI is InChI=1S/C13H23N3O2/c1-9-6-5-7-13(8-9,17-4)10-15-11(18-16-10)12(2,3)14/h9H,5-8,14H2,1-4H3. The summed E-state index contributed by atoms with van der Waals surface area (Å²) >= 11 is 0. The van der Waals surface area contributed by atoms with Gasteiger partial charge in [0.2, 0.25) is 11.7 Å². The third kappa shape index (κ3) is 2.42. The number of nitrogens with zero attached hydrogens (tertiary/aromatic N) is 2. The van der Waals surface area contributed by atoms with Crippen molar-refractivity contribution in [3.8, 4) is 0 Å². The Morgan fingerprint density at radius 2 is 2.22 bits per heavy atom. The average Bonchev–Trinajstić information content (AvgIpc) is 2.78. The van der Waals surface area contributed by atoms with Crippen LogP contribution in [0.2, 0.25) is 0 Å². The first-order valence-electron chi connectivity index (χ1n) is 6.56. The molecule has 2 atom stereocenters. The van der Waals surface area contributed by atoms with Crippen LogP contribution in [0.15, 0.2) is 4.52 Å². The van der Waals surface area contributed by atoms with E-state index in [-0.39, 0.29) is 0 Å². The number of rotatable bonds is 3. The minimum absolute atomic E-state index is 0.398. The quantitative estimate of drug-likeness (QED) is 0.894. The minimum atomic E-state index is -0.611. The molecule has 18 heavy (non-hydrogen) atoms. The van der Waals surface area contributed by atoms with Crippen LogP contribution in [0.4, 0.5) is 0 Å². The van der Waals surface area contributed by atoms with Gasteiger partial charge in [0.25, 0.3) is 0 Å². The van der Waals surface area contributed by atoms with E-state index >= 15 is 0 Å². The van der Waals surface area contributed by atoms with Gasteiger partial charge in [0, 0.05) is 7.11 Å². The maximum absolute atomic E-state index is 5.97. The normalized spacial score (nSPS) is 29.5. The van der Waals surface area contributed by atoms with Gasteiger partial charge in [0.1, 0.15) is 5.60 Å². The first-order chi connectivity index (χ1) is 8.37. The van der Waals surface area contributed by atoms with Gasteiger partial charge in [-0.25, -0.2) is 0 Å². The molecule has 0 bridgehead atoms. The Bertz CT molecular complexity index is 411. The first kappa shape index (κ1) is 13.5. The number of hydrogen-bond donors (Lipinski definition) is 1. The summed E-state index contributed by atoms with van der Waals surface area (Å²) in [5, 5.41) is 4.09. The van der Waals surface area contributed by atoms with Gasteiger partial charge >= 0.3 is 0 Å². The Morgan fingerprint density at radius 3 is 2.72 bits per heavy atom. The molecule has 0 amide bonds. The van der Waals surface area contributed by atoms with E-state index < -0.39 is 11.1 Å². The van der Waals surface area contributed by atoms with Gasteiger partial charge in [-0.05, 0) is 39.0 Å².